The van der Waals surface area contributed by atoms with Crippen LogP contribution in [-0.2, 0) is 19.4 Å². The molecule has 34 heavy (non-hydrogen) atoms. The van der Waals surface area contributed by atoms with Gasteiger partial charge in [-0.3, -0.25) is 0 Å². The summed E-state index contributed by atoms with van der Waals surface area (Å²) in [6.07, 6.45) is 7.85. The van der Waals surface area contributed by atoms with Crippen molar-refractivity contribution in [3.05, 3.63) is 30.6 Å². The zero-order valence-electron chi connectivity index (χ0n) is 20.1. The number of alkyl halides is 1. The molecule has 0 amide bonds. The molecule has 9 nitrogen and oxygen atoms in total. The summed E-state index contributed by atoms with van der Waals surface area (Å²) in [5.74, 6) is 5.80. The highest BCUT2D eigenvalue weighted by atomic mass is 32.2. The van der Waals surface area contributed by atoms with Gasteiger partial charge in [-0.2, -0.15) is 10.9 Å². The fourth-order valence-corrected chi connectivity index (χ4v) is 4.55. The van der Waals surface area contributed by atoms with Crippen LogP contribution in [0.2, 0.25) is 0 Å². The Kier molecular flexibility index (Phi) is 8.53. The summed E-state index contributed by atoms with van der Waals surface area (Å²) in [6.45, 7) is 7.73. The zero-order chi connectivity index (χ0) is 24.9. The van der Waals surface area contributed by atoms with Crippen molar-refractivity contribution >= 4 is 15.9 Å². The summed E-state index contributed by atoms with van der Waals surface area (Å²) in [5, 5.41) is 0. The Morgan fingerprint density at radius 3 is 2.24 bits per heavy atom. The molecule has 2 heterocycles. The van der Waals surface area contributed by atoms with E-state index in [2.05, 4.69) is 16.6 Å². The second-order valence-electron chi connectivity index (χ2n) is 9.37. The number of sulfone groups is 1. The molecule has 1 aromatic rings. The first kappa shape index (κ1) is 26.4. The number of hydrogen-bond acceptors (Lipinski definition) is 8. The van der Waals surface area contributed by atoms with Crippen molar-refractivity contribution in [3.8, 4) is 5.88 Å². The summed E-state index contributed by atoms with van der Waals surface area (Å²) in [4.78, 5) is 15.2. The third kappa shape index (κ3) is 7.38. The van der Waals surface area contributed by atoms with Crippen molar-refractivity contribution in [2.75, 3.05) is 19.3 Å². The molecule has 3 rings (SSSR count). The van der Waals surface area contributed by atoms with Crippen LogP contribution in [0, 0.1) is 0 Å². The molecule has 2 fully saturated rings. The second-order valence-corrected chi connectivity index (χ2v) is 11.4. The molecule has 2 N–H and O–H groups in total. The standard InChI is InChI=1S/C23H35FN4O5S/c1-16(23(2,3)24)27-22(33-25)28-13-11-19(12-14-28)31-17-5-7-18(8-6-17)32-21-10-9-20(15-26-21)34(4,29)30/h9-10,15,17-19H,1,5-8,11-14,25H2,2-4H3. The molecule has 1 aliphatic carbocycles. The normalized spacial score (nSPS) is 23.0. The molecule has 0 radical (unpaired) electrons. The molecule has 0 unspecified atom stereocenters. The number of nitrogens with zero attached hydrogens (tertiary/aromatic N) is 3. The second kappa shape index (κ2) is 11.0. The molecular weight excluding hydrogens is 463 g/mol. The van der Waals surface area contributed by atoms with E-state index in [0.29, 0.717) is 19.0 Å². The van der Waals surface area contributed by atoms with Crippen LogP contribution >= 0.6 is 0 Å². The first-order valence-electron chi connectivity index (χ1n) is 11.5. The Morgan fingerprint density at radius 1 is 1.15 bits per heavy atom. The van der Waals surface area contributed by atoms with Gasteiger partial charge in [0.25, 0.3) is 0 Å². The number of hydrogen-bond donors (Lipinski definition) is 1. The molecule has 0 bridgehead atoms. The molecule has 1 saturated heterocycles. The molecular formula is C23H35FN4O5S. The van der Waals surface area contributed by atoms with E-state index in [9.17, 15) is 12.8 Å². The molecule has 190 valence electrons. The highest BCUT2D eigenvalue weighted by Gasteiger charge is 2.29. The van der Waals surface area contributed by atoms with E-state index in [1.54, 1.807) is 6.07 Å². The van der Waals surface area contributed by atoms with Gasteiger partial charge in [0, 0.05) is 31.6 Å². The predicted octanol–water partition coefficient (Wildman–Crippen LogP) is 3.16. The number of amidine groups is 1. The lowest BCUT2D eigenvalue weighted by Crippen LogP contribution is -2.44. The average molecular weight is 499 g/mol. The summed E-state index contributed by atoms with van der Waals surface area (Å²) in [6, 6.07) is 3.28. The third-order valence-corrected chi connectivity index (χ3v) is 7.26. The average Bonchev–Trinajstić information content (AvgIpc) is 2.78. The van der Waals surface area contributed by atoms with Crippen molar-refractivity contribution in [1.82, 2.24) is 9.88 Å². The van der Waals surface area contributed by atoms with Crippen LogP contribution < -0.4 is 10.6 Å². The lowest BCUT2D eigenvalue weighted by molar-refractivity contribution is -0.0629. The van der Waals surface area contributed by atoms with Crippen LogP contribution in [0.5, 0.6) is 5.88 Å². The maximum Gasteiger partial charge on any atom is 0.312 e. The van der Waals surface area contributed by atoms with Crippen LogP contribution in [0.15, 0.2) is 40.5 Å². The number of nitrogens with two attached hydrogens (primary N) is 1. The summed E-state index contributed by atoms with van der Waals surface area (Å²) in [5.41, 5.74) is -1.59. The highest BCUT2D eigenvalue weighted by molar-refractivity contribution is 7.90. The SMILES string of the molecule is C=C(N=C(ON)N1CCC(OC2CCC(Oc3ccc(S(C)(=O)=O)cn3)CC2)CC1)C(C)(C)F. The van der Waals surface area contributed by atoms with Gasteiger partial charge in [-0.1, -0.05) is 6.58 Å². The van der Waals surface area contributed by atoms with E-state index in [-0.39, 0.29) is 34.9 Å². The van der Waals surface area contributed by atoms with Crippen LogP contribution in [0.1, 0.15) is 52.4 Å². The van der Waals surface area contributed by atoms with Gasteiger partial charge in [0.15, 0.2) is 9.84 Å². The number of allylic oxidation sites excluding steroid dienone is 1. The lowest BCUT2D eigenvalue weighted by atomic mass is 9.94. The van der Waals surface area contributed by atoms with E-state index in [4.69, 9.17) is 20.2 Å². The Labute approximate surface area is 201 Å². The monoisotopic (exact) mass is 498 g/mol. The van der Waals surface area contributed by atoms with E-state index < -0.39 is 15.5 Å². The molecule has 1 saturated carbocycles. The van der Waals surface area contributed by atoms with Gasteiger partial charge in [0.05, 0.1) is 22.8 Å². The van der Waals surface area contributed by atoms with Gasteiger partial charge in [0.1, 0.15) is 11.8 Å². The molecule has 0 aromatic carbocycles. The van der Waals surface area contributed by atoms with E-state index >= 15 is 0 Å². The van der Waals surface area contributed by atoms with Gasteiger partial charge >= 0.3 is 6.02 Å². The van der Waals surface area contributed by atoms with Crippen molar-refractivity contribution < 1.29 is 27.1 Å². The number of likely N-dealkylation sites (tertiary alicyclic amines) is 1. The van der Waals surface area contributed by atoms with Crippen molar-refractivity contribution in [2.45, 2.75) is 81.2 Å². The van der Waals surface area contributed by atoms with E-state index in [1.807, 2.05) is 4.90 Å². The molecule has 0 atom stereocenters. The van der Waals surface area contributed by atoms with Gasteiger partial charge in [-0.25, -0.2) is 17.8 Å². The minimum absolute atomic E-state index is 0.0339. The fourth-order valence-electron chi connectivity index (χ4n) is 3.99. The molecule has 1 aromatic heterocycles. The fraction of sp³-hybridized carbons (Fsp3) is 0.652. The summed E-state index contributed by atoms with van der Waals surface area (Å²) >= 11 is 0. The highest BCUT2D eigenvalue weighted by Crippen LogP contribution is 2.28. The molecule has 11 heteroatoms. The van der Waals surface area contributed by atoms with Crippen LogP contribution in [0.25, 0.3) is 0 Å². The van der Waals surface area contributed by atoms with Gasteiger partial charge in [-0.15, -0.1) is 0 Å². The number of piperidine rings is 1. The predicted molar refractivity (Wildman–Crippen MR) is 127 cm³/mol. The van der Waals surface area contributed by atoms with Crippen molar-refractivity contribution in [2.24, 2.45) is 10.9 Å². The number of halogens is 1. The maximum absolute atomic E-state index is 14.0. The first-order valence-corrected chi connectivity index (χ1v) is 13.4. The molecule has 2 aliphatic rings. The minimum Gasteiger partial charge on any atom is -0.474 e. The summed E-state index contributed by atoms with van der Waals surface area (Å²) < 4.78 is 49.4. The Hall–Kier alpha value is -2.24. The smallest absolute Gasteiger partial charge is 0.312 e. The van der Waals surface area contributed by atoms with E-state index in [0.717, 1.165) is 44.8 Å². The lowest BCUT2D eigenvalue weighted by Gasteiger charge is -2.36. The largest absolute Gasteiger partial charge is 0.474 e. The Morgan fingerprint density at radius 2 is 1.74 bits per heavy atom. The number of rotatable bonds is 7. The Balaban J connectivity index is 1.41. The number of ether oxygens (including phenoxy) is 2. The zero-order valence-corrected chi connectivity index (χ0v) is 20.9. The van der Waals surface area contributed by atoms with Gasteiger partial charge < -0.3 is 19.2 Å². The van der Waals surface area contributed by atoms with E-state index in [1.165, 1.54) is 26.1 Å². The van der Waals surface area contributed by atoms with Crippen molar-refractivity contribution in [3.63, 3.8) is 0 Å². The van der Waals surface area contributed by atoms with Crippen molar-refractivity contribution in [1.29, 1.82) is 0 Å². The minimum atomic E-state index is -3.27. The number of pyridine rings is 1. The topological polar surface area (TPSA) is 116 Å². The van der Waals surface area contributed by atoms with Crippen LogP contribution in [0.3, 0.4) is 0 Å². The number of aromatic nitrogens is 1. The molecule has 0 spiro atoms. The quantitative estimate of drug-likeness (QED) is 0.346. The van der Waals surface area contributed by atoms with Gasteiger partial charge in [0.2, 0.25) is 5.88 Å². The van der Waals surface area contributed by atoms with Crippen LogP contribution in [-0.4, -0.2) is 67.6 Å². The maximum atomic E-state index is 14.0. The molecule has 1 aliphatic heterocycles. The van der Waals surface area contributed by atoms with Crippen LogP contribution in [0.4, 0.5) is 4.39 Å². The number of aliphatic imine (C=N–C) groups is 1. The third-order valence-electron chi connectivity index (χ3n) is 6.17. The summed E-state index contributed by atoms with van der Waals surface area (Å²) in [7, 11) is -3.27. The first-order chi connectivity index (χ1) is 16.0. The van der Waals surface area contributed by atoms with Gasteiger partial charge in [-0.05, 0) is 58.4 Å². The Bertz CT molecular complexity index is 962.